The maximum atomic E-state index is 2.48. The van der Waals surface area contributed by atoms with Crippen molar-refractivity contribution in [2.24, 2.45) is 5.41 Å². The first-order chi connectivity index (χ1) is 8.68. The molecule has 0 amide bonds. The van der Waals surface area contributed by atoms with Crippen LogP contribution in [0.15, 0.2) is 22.8 Å². The predicted molar refractivity (Wildman–Crippen MR) is 86.2 cm³/mol. The lowest BCUT2D eigenvalue weighted by molar-refractivity contribution is -0.876. The third-order valence-electron chi connectivity index (χ3n) is 4.19. The molecular weight excluding hydrogens is 357 g/mol. The molecule has 0 aromatic carbocycles. The van der Waals surface area contributed by atoms with Crippen molar-refractivity contribution in [3.63, 3.8) is 0 Å². The number of allylic oxidation sites excluding steroid dienone is 3. The summed E-state index contributed by atoms with van der Waals surface area (Å²) >= 11 is 0. The smallest absolute Gasteiger partial charge is 0.0875 e. The van der Waals surface area contributed by atoms with E-state index in [1.54, 1.807) is 11.1 Å². The standard InChI is InChI=1S/C18H34N.HI/c1-8-9-10-11-17-16(3)12-15(2)13-18(17,4)14-19(5,6)7;/h12H,8-11,13-14H2,1-7H3;1H/q+1;/p-1. The minimum atomic E-state index is 0. The van der Waals surface area contributed by atoms with Crippen molar-refractivity contribution in [3.8, 4) is 0 Å². The Morgan fingerprint density at radius 3 is 2.25 bits per heavy atom. The highest BCUT2D eigenvalue weighted by Crippen LogP contribution is 2.43. The summed E-state index contributed by atoms with van der Waals surface area (Å²) in [5.74, 6) is 0. The summed E-state index contributed by atoms with van der Waals surface area (Å²) in [5.41, 5.74) is 5.16. The van der Waals surface area contributed by atoms with E-state index in [1.807, 2.05) is 0 Å². The van der Waals surface area contributed by atoms with E-state index >= 15 is 0 Å². The molecule has 0 spiro atoms. The average molecular weight is 391 g/mol. The molecule has 118 valence electrons. The molecule has 2 heteroatoms. The number of unbranched alkanes of at least 4 members (excludes halogenated alkanes) is 2. The zero-order valence-corrected chi connectivity index (χ0v) is 16.8. The Morgan fingerprint density at radius 1 is 1.15 bits per heavy atom. The van der Waals surface area contributed by atoms with E-state index in [4.69, 9.17) is 0 Å². The molecular formula is C18H34IN. The van der Waals surface area contributed by atoms with Crippen LogP contribution >= 0.6 is 0 Å². The van der Waals surface area contributed by atoms with E-state index in [0.29, 0.717) is 5.41 Å². The Kier molecular flexibility index (Phi) is 8.04. The van der Waals surface area contributed by atoms with E-state index < -0.39 is 0 Å². The van der Waals surface area contributed by atoms with Crippen LogP contribution in [0.4, 0.5) is 0 Å². The Labute approximate surface area is 144 Å². The van der Waals surface area contributed by atoms with Crippen molar-refractivity contribution in [1.29, 1.82) is 0 Å². The summed E-state index contributed by atoms with van der Waals surface area (Å²) in [4.78, 5) is 0. The highest BCUT2D eigenvalue weighted by atomic mass is 127. The first kappa shape index (κ1) is 20.2. The molecule has 0 bridgehead atoms. The molecule has 0 saturated heterocycles. The lowest BCUT2D eigenvalue weighted by Gasteiger charge is -2.41. The van der Waals surface area contributed by atoms with Crippen LogP contribution in [0.3, 0.4) is 0 Å². The summed E-state index contributed by atoms with van der Waals surface area (Å²) < 4.78 is 1.05. The second-order valence-electron chi connectivity index (χ2n) is 7.80. The topological polar surface area (TPSA) is 0 Å². The fourth-order valence-electron chi connectivity index (χ4n) is 3.95. The average Bonchev–Trinajstić information content (AvgIpc) is 2.18. The van der Waals surface area contributed by atoms with Gasteiger partial charge < -0.3 is 28.5 Å². The molecule has 0 fully saturated rings. The lowest BCUT2D eigenvalue weighted by Crippen LogP contribution is -3.00. The summed E-state index contributed by atoms with van der Waals surface area (Å²) in [6.45, 7) is 10.6. The third kappa shape index (κ3) is 5.88. The summed E-state index contributed by atoms with van der Waals surface area (Å²) in [6, 6.07) is 0. The van der Waals surface area contributed by atoms with E-state index in [1.165, 1.54) is 44.2 Å². The van der Waals surface area contributed by atoms with Gasteiger partial charge in [0, 0.05) is 5.41 Å². The van der Waals surface area contributed by atoms with E-state index in [9.17, 15) is 0 Å². The Morgan fingerprint density at radius 2 is 1.75 bits per heavy atom. The van der Waals surface area contributed by atoms with Gasteiger partial charge in [-0.3, -0.25) is 0 Å². The number of rotatable bonds is 6. The number of hydrogen-bond donors (Lipinski definition) is 0. The molecule has 0 heterocycles. The van der Waals surface area contributed by atoms with Gasteiger partial charge in [0.25, 0.3) is 0 Å². The van der Waals surface area contributed by atoms with Crippen LogP contribution in [0, 0.1) is 5.41 Å². The fraction of sp³-hybridized carbons (Fsp3) is 0.778. The molecule has 1 aliphatic carbocycles. The number of hydrogen-bond acceptors (Lipinski definition) is 0. The second-order valence-corrected chi connectivity index (χ2v) is 7.80. The molecule has 20 heavy (non-hydrogen) atoms. The van der Waals surface area contributed by atoms with Crippen molar-refractivity contribution in [2.45, 2.75) is 59.8 Å². The van der Waals surface area contributed by atoms with Crippen molar-refractivity contribution < 1.29 is 28.5 Å². The highest BCUT2D eigenvalue weighted by molar-refractivity contribution is 5.36. The Hall–Kier alpha value is 0.170. The molecule has 0 aromatic heterocycles. The third-order valence-corrected chi connectivity index (χ3v) is 4.19. The van der Waals surface area contributed by atoms with E-state index in [2.05, 4.69) is 54.9 Å². The van der Waals surface area contributed by atoms with E-state index in [-0.39, 0.29) is 24.0 Å². The normalized spacial score (nSPS) is 23.4. The number of halogens is 1. The first-order valence-electron chi connectivity index (χ1n) is 7.86. The van der Waals surface area contributed by atoms with Crippen molar-refractivity contribution >= 4 is 0 Å². The van der Waals surface area contributed by atoms with Crippen LogP contribution in [0.1, 0.15) is 59.8 Å². The van der Waals surface area contributed by atoms with Gasteiger partial charge in [-0.15, -0.1) is 0 Å². The van der Waals surface area contributed by atoms with Gasteiger partial charge in [0.05, 0.1) is 27.7 Å². The van der Waals surface area contributed by atoms with Gasteiger partial charge in [-0.1, -0.05) is 49.5 Å². The van der Waals surface area contributed by atoms with Gasteiger partial charge in [-0.2, -0.15) is 0 Å². The minimum Gasteiger partial charge on any atom is -1.00 e. The van der Waals surface area contributed by atoms with Gasteiger partial charge in [-0.25, -0.2) is 0 Å². The van der Waals surface area contributed by atoms with E-state index in [0.717, 1.165) is 4.48 Å². The van der Waals surface area contributed by atoms with Crippen molar-refractivity contribution in [2.75, 3.05) is 27.7 Å². The molecule has 0 aromatic rings. The minimum absolute atomic E-state index is 0. The SMILES string of the molecule is CCCCCC1=C(C)C=C(C)CC1(C)C[N+](C)(C)C.[I-]. The molecule has 1 nitrogen and oxygen atoms in total. The van der Waals surface area contributed by atoms with Gasteiger partial charge >= 0.3 is 0 Å². The fourth-order valence-corrected chi connectivity index (χ4v) is 3.95. The summed E-state index contributed by atoms with van der Waals surface area (Å²) in [5, 5.41) is 0. The summed E-state index contributed by atoms with van der Waals surface area (Å²) in [7, 11) is 6.95. The molecule has 1 rings (SSSR count). The van der Waals surface area contributed by atoms with Crippen LogP contribution in [-0.2, 0) is 0 Å². The first-order valence-corrected chi connectivity index (χ1v) is 7.86. The van der Waals surface area contributed by atoms with Crippen molar-refractivity contribution in [1.82, 2.24) is 0 Å². The lowest BCUT2D eigenvalue weighted by atomic mass is 9.69. The predicted octanol–water partition coefficient (Wildman–Crippen LogP) is 1.95. The zero-order chi connectivity index (χ0) is 14.7. The highest BCUT2D eigenvalue weighted by Gasteiger charge is 2.37. The van der Waals surface area contributed by atoms with Crippen LogP contribution in [-0.4, -0.2) is 32.2 Å². The van der Waals surface area contributed by atoms with Gasteiger partial charge in [0.2, 0.25) is 0 Å². The van der Waals surface area contributed by atoms with Gasteiger partial charge in [-0.05, 0) is 33.1 Å². The molecule has 1 unspecified atom stereocenters. The van der Waals surface area contributed by atoms with Crippen LogP contribution in [0.2, 0.25) is 0 Å². The zero-order valence-electron chi connectivity index (χ0n) is 14.6. The van der Waals surface area contributed by atoms with Gasteiger partial charge in [0.1, 0.15) is 0 Å². The Balaban J connectivity index is 0.00000361. The molecule has 1 aliphatic rings. The Bertz CT molecular complexity index is 373. The molecule has 1 atom stereocenters. The summed E-state index contributed by atoms with van der Waals surface area (Å²) in [6.07, 6.45) is 8.97. The molecule has 0 saturated carbocycles. The van der Waals surface area contributed by atoms with Crippen LogP contribution < -0.4 is 24.0 Å². The van der Waals surface area contributed by atoms with Crippen molar-refractivity contribution in [3.05, 3.63) is 22.8 Å². The maximum Gasteiger partial charge on any atom is 0.0875 e. The van der Waals surface area contributed by atoms with Crippen LogP contribution in [0.25, 0.3) is 0 Å². The number of nitrogens with zero attached hydrogens (tertiary/aromatic N) is 1. The second kappa shape index (κ2) is 7.98. The molecule has 0 aliphatic heterocycles. The number of quaternary nitrogens is 1. The quantitative estimate of drug-likeness (QED) is 0.369. The monoisotopic (exact) mass is 391 g/mol. The molecule has 0 radical (unpaired) electrons. The van der Waals surface area contributed by atoms with Crippen LogP contribution in [0.5, 0.6) is 0 Å². The maximum absolute atomic E-state index is 2.48. The molecule has 0 N–H and O–H groups in total. The largest absolute Gasteiger partial charge is 1.00 e. The van der Waals surface area contributed by atoms with Gasteiger partial charge in [0.15, 0.2) is 0 Å².